The average molecular weight is 669 g/mol. The van der Waals surface area contributed by atoms with Crippen molar-refractivity contribution in [3.05, 3.63) is 63.7 Å². The van der Waals surface area contributed by atoms with E-state index in [4.69, 9.17) is 5.73 Å². The number of fused-ring (bicyclic) bond motifs is 2. The monoisotopic (exact) mass is 668 g/mol. The van der Waals surface area contributed by atoms with E-state index in [1.165, 1.54) is 18.5 Å². The largest absolute Gasteiger partial charge is 0.363 e. The van der Waals surface area contributed by atoms with Crippen LogP contribution in [-0.2, 0) is 27.7 Å². The summed E-state index contributed by atoms with van der Waals surface area (Å²) in [5.74, 6) is -2.76. The number of alkyl halides is 2. The van der Waals surface area contributed by atoms with Crippen LogP contribution in [0.1, 0.15) is 107 Å². The van der Waals surface area contributed by atoms with E-state index in [0.717, 1.165) is 51.4 Å². The number of benzene rings is 1. The number of aromatic nitrogens is 3. The molecule has 2 aromatic heterocycles. The molecule has 12 heteroatoms. The zero-order valence-corrected chi connectivity index (χ0v) is 28.0. The van der Waals surface area contributed by atoms with Crippen molar-refractivity contribution in [2.45, 2.75) is 108 Å². The molecule has 1 fully saturated rings. The van der Waals surface area contributed by atoms with Crippen LogP contribution in [-0.4, -0.2) is 41.0 Å². The fourth-order valence-electron chi connectivity index (χ4n) is 7.11. The predicted molar refractivity (Wildman–Crippen MR) is 180 cm³/mol. The molecule has 6 bridgehead atoms. The lowest BCUT2D eigenvalue weighted by atomic mass is 9.77. The summed E-state index contributed by atoms with van der Waals surface area (Å²) in [6.45, 7) is 2.74. The molecule has 9 nitrogen and oxygen atoms in total. The third-order valence-electron chi connectivity index (χ3n) is 10.1. The molecule has 2 aliphatic heterocycles. The fraction of sp³-hybridized carbons (Fsp3) is 0.600. The number of nitrogens with two attached hydrogens (primary N) is 1. The van der Waals surface area contributed by atoms with Crippen LogP contribution in [0.5, 0.6) is 0 Å². The second kappa shape index (κ2) is 14.8. The van der Waals surface area contributed by atoms with Gasteiger partial charge in [-0.25, -0.2) is 27.2 Å². The number of anilines is 1. The standard InChI is InChI=1S/C35H46F2N6O3S/c1-25-27-10-8-11-28(21-27)35(36,37)14-12-26(13-17-38)9-6-4-2-3-5-7-18-43-32-29(31(42-25)40-24-41-32)22-30(33(43)44)34(23-39)15-19-47(45,46)20-16-34/h8,10-11,21-22,24-26H,2-7,9,12-20,38H2,1H3,(H,40,41,42)/t25-,26?/m1/s1. The van der Waals surface area contributed by atoms with Gasteiger partial charge in [0.25, 0.3) is 11.5 Å². The molecule has 1 saturated heterocycles. The molecule has 4 heterocycles. The van der Waals surface area contributed by atoms with Gasteiger partial charge in [0.2, 0.25) is 0 Å². The van der Waals surface area contributed by atoms with E-state index in [1.54, 1.807) is 22.8 Å². The minimum Gasteiger partial charge on any atom is -0.363 e. The highest BCUT2D eigenvalue weighted by atomic mass is 32.2. The van der Waals surface area contributed by atoms with Crippen molar-refractivity contribution < 1.29 is 17.2 Å². The topological polar surface area (TPSA) is 144 Å². The maximum absolute atomic E-state index is 15.6. The van der Waals surface area contributed by atoms with Crippen molar-refractivity contribution >= 4 is 26.7 Å². The van der Waals surface area contributed by atoms with Crippen LogP contribution in [0.3, 0.4) is 0 Å². The predicted octanol–water partition coefficient (Wildman–Crippen LogP) is 6.52. The number of pyridine rings is 1. The molecule has 5 rings (SSSR count). The zero-order chi connectivity index (χ0) is 33.7. The summed E-state index contributed by atoms with van der Waals surface area (Å²) in [5.41, 5.74) is 5.52. The van der Waals surface area contributed by atoms with Crippen LogP contribution >= 0.6 is 0 Å². The summed E-state index contributed by atoms with van der Waals surface area (Å²) in [4.78, 5) is 23.1. The van der Waals surface area contributed by atoms with Gasteiger partial charge in [-0.1, -0.05) is 56.7 Å². The van der Waals surface area contributed by atoms with Crippen LogP contribution in [0.4, 0.5) is 14.6 Å². The van der Waals surface area contributed by atoms with E-state index in [9.17, 15) is 18.5 Å². The van der Waals surface area contributed by atoms with Gasteiger partial charge in [-0.2, -0.15) is 5.26 Å². The molecule has 0 saturated carbocycles. The fourth-order valence-corrected chi connectivity index (χ4v) is 8.63. The number of halogens is 2. The molecule has 3 N–H and O–H groups in total. The SMILES string of the molecule is C[C@H]1Nc2ncnc3c2cc(C2(C#N)CCS(=O)(=O)CC2)c(=O)n3CCCCCCCCC(CCN)CCC(F)(F)c2cccc1c2. The molecule has 0 amide bonds. The first kappa shape index (κ1) is 34.9. The minimum atomic E-state index is -3.29. The smallest absolute Gasteiger partial charge is 0.273 e. The molecule has 3 aromatic rings. The second-order valence-electron chi connectivity index (χ2n) is 13.4. The lowest BCUT2D eigenvalue weighted by Gasteiger charge is -2.31. The minimum absolute atomic E-state index is 0.0343. The quantitative estimate of drug-likeness (QED) is 0.321. The normalized spacial score (nSPS) is 23.6. The third kappa shape index (κ3) is 8.00. The molecule has 254 valence electrons. The summed E-state index contributed by atoms with van der Waals surface area (Å²) in [6.07, 6.45) is 8.82. The number of hydrogen-bond donors (Lipinski definition) is 2. The van der Waals surface area contributed by atoms with Crippen molar-refractivity contribution in [3.63, 3.8) is 0 Å². The first-order chi connectivity index (χ1) is 22.5. The van der Waals surface area contributed by atoms with Crippen LogP contribution in [0.2, 0.25) is 0 Å². The highest BCUT2D eigenvalue weighted by Crippen LogP contribution is 2.38. The van der Waals surface area contributed by atoms with Crippen molar-refractivity contribution in [3.8, 4) is 6.07 Å². The molecular formula is C35H46F2N6O3S. The Labute approximate surface area is 275 Å². The Morgan fingerprint density at radius 1 is 1.04 bits per heavy atom. The van der Waals surface area contributed by atoms with E-state index in [2.05, 4.69) is 21.4 Å². The average Bonchev–Trinajstić information content (AvgIpc) is 3.05. The maximum Gasteiger partial charge on any atom is 0.273 e. The Balaban J connectivity index is 1.57. The van der Waals surface area contributed by atoms with Gasteiger partial charge >= 0.3 is 0 Å². The van der Waals surface area contributed by atoms with Gasteiger partial charge in [-0.05, 0) is 69.2 Å². The third-order valence-corrected chi connectivity index (χ3v) is 11.8. The van der Waals surface area contributed by atoms with Crippen LogP contribution in [0.15, 0.2) is 41.5 Å². The second-order valence-corrected chi connectivity index (χ2v) is 15.7. The number of hydrogen-bond acceptors (Lipinski definition) is 8. The molecule has 0 spiro atoms. The summed E-state index contributed by atoms with van der Waals surface area (Å²) in [5, 5.41) is 14.3. The van der Waals surface area contributed by atoms with E-state index >= 15 is 8.78 Å². The Morgan fingerprint density at radius 3 is 2.49 bits per heavy atom. The van der Waals surface area contributed by atoms with Crippen molar-refractivity contribution in [1.82, 2.24) is 14.5 Å². The number of nitriles is 1. The first-order valence-corrected chi connectivity index (χ1v) is 18.8. The Kier molecular flexibility index (Phi) is 11.0. The van der Waals surface area contributed by atoms with Crippen LogP contribution < -0.4 is 16.6 Å². The molecule has 47 heavy (non-hydrogen) atoms. The first-order valence-electron chi connectivity index (χ1n) is 16.9. The van der Waals surface area contributed by atoms with E-state index in [0.29, 0.717) is 41.9 Å². The maximum atomic E-state index is 15.6. The van der Waals surface area contributed by atoms with Crippen molar-refractivity contribution in [2.75, 3.05) is 23.4 Å². The van der Waals surface area contributed by atoms with Gasteiger partial charge in [0.1, 0.15) is 27.6 Å². The summed E-state index contributed by atoms with van der Waals surface area (Å²) < 4.78 is 57.4. The molecule has 0 aliphatic carbocycles. The van der Waals surface area contributed by atoms with Crippen LogP contribution in [0.25, 0.3) is 11.0 Å². The highest BCUT2D eigenvalue weighted by Gasteiger charge is 2.42. The molecule has 2 aliphatic rings. The van der Waals surface area contributed by atoms with Crippen molar-refractivity contribution in [2.24, 2.45) is 11.7 Å². The molecular weight excluding hydrogens is 622 g/mol. The lowest BCUT2D eigenvalue weighted by Crippen LogP contribution is -2.41. The summed E-state index contributed by atoms with van der Waals surface area (Å²) >= 11 is 0. The van der Waals surface area contributed by atoms with Crippen molar-refractivity contribution in [1.29, 1.82) is 5.26 Å². The van der Waals surface area contributed by atoms with Gasteiger partial charge in [0.05, 0.1) is 28.4 Å². The van der Waals surface area contributed by atoms with E-state index < -0.39 is 27.2 Å². The molecule has 2 atom stereocenters. The molecule has 1 unspecified atom stereocenters. The Morgan fingerprint density at radius 2 is 1.77 bits per heavy atom. The van der Waals surface area contributed by atoms with Gasteiger partial charge in [0, 0.05) is 30.1 Å². The Bertz CT molecular complexity index is 1760. The Hall–Kier alpha value is -3.43. The van der Waals surface area contributed by atoms with Gasteiger partial charge in [-0.3, -0.25) is 9.36 Å². The van der Waals surface area contributed by atoms with Crippen LogP contribution in [0, 0.1) is 17.2 Å². The van der Waals surface area contributed by atoms with E-state index in [-0.39, 0.29) is 53.4 Å². The van der Waals surface area contributed by atoms with Gasteiger partial charge < -0.3 is 11.1 Å². The summed E-state index contributed by atoms with van der Waals surface area (Å²) in [7, 11) is -3.29. The lowest BCUT2D eigenvalue weighted by molar-refractivity contribution is -0.0199. The number of nitrogens with one attached hydrogen (secondary N) is 1. The number of nitrogens with zero attached hydrogens (tertiary/aromatic N) is 4. The zero-order valence-electron chi connectivity index (χ0n) is 27.2. The summed E-state index contributed by atoms with van der Waals surface area (Å²) in [6, 6.07) is 9.97. The number of sulfone groups is 1. The molecule has 0 radical (unpaired) electrons. The number of rotatable bonds is 3. The highest BCUT2D eigenvalue weighted by molar-refractivity contribution is 7.91. The van der Waals surface area contributed by atoms with Gasteiger partial charge in [0.15, 0.2) is 0 Å². The number of aryl methyl sites for hydroxylation is 1. The molecule has 1 aromatic carbocycles. The van der Waals surface area contributed by atoms with E-state index in [1.807, 2.05) is 6.92 Å². The van der Waals surface area contributed by atoms with Gasteiger partial charge in [-0.15, -0.1) is 0 Å².